The normalized spacial score (nSPS) is 14.5. The molecule has 2 amide bonds. The second kappa shape index (κ2) is 15.0. The lowest BCUT2D eigenvalue weighted by atomic mass is 9.97. The summed E-state index contributed by atoms with van der Waals surface area (Å²) in [5, 5.41) is 4.19. The Labute approximate surface area is 259 Å². The Bertz CT molecular complexity index is 1580. The minimum atomic E-state index is -3.83. The van der Waals surface area contributed by atoms with E-state index in [-0.39, 0.29) is 55.9 Å². The highest BCUT2D eigenvalue weighted by Crippen LogP contribution is 2.32. The third-order valence-electron chi connectivity index (χ3n) is 7.73. The number of hydrogen-bond donors (Lipinski definition) is 1. The van der Waals surface area contributed by atoms with Gasteiger partial charge in [-0.3, -0.25) is 14.4 Å². The van der Waals surface area contributed by atoms with Gasteiger partial charge in [0.2, 0.25) is 21.8 Å². The molecule has 0 aromatic heterocycles. The summed E-state index contributed by atoms with van der Waals surface area (Å²) >= 11 is 0. The van der Waals surface area contributed by atoms with E-state index in [1.165, 1.54) is 10.4 Å². The fourth-order valence-electron chi connectivity index (χ4n) is 5.37. The number of hydrogen-bond acceptors (Lipinski definition) is 7. The summed E-state index contributed by atoms with van der Waals surface area (Å²) < 4.78 is 34.4. The Morgan fingerprint density at radius 2 is 1.64 bits per heavy atom. The van der Waals surface area contributed by atoms with Crippen molar-refractivity contribution in [3.63, 3.8) is 0 Å². The molecule has 0 spiro atoms. The van der Waals surface area contributed by atoms with Crippen molar-refractivity contribution >= 4 is 44.3 Å². The number of anilines is 1. The van der Waals surface area contributed by atoms with E-state index in [9.17, 15) is 22.8 Å². The summed E-state index contributed by atoms with van der Waals surface area (Å²) in [7, 11) is 0.00583. The van der Waals surface area contributed by atoms with E-state index in [2.05, 4.69) is 11.9 Å². The van der Waals surface area contributed by atoms with Crippen molar-refractivity contribution in [3.05, 3.63) is 84.9 Å². The Balaban J connectivity index is 1.42. The first-order valence-corrected chi connectivity index (χ1v) is 16.1. The Hall–Kier alpha value is -4.22. The van der Waals surface area contributed by atoms with E-state index in [0.717, 1.165) is 16.6 Å². The molecule has 10 nitrogen and oxygen atoms in total. The van der Waals surface area contributed by atoms with Crippen LogP contribution >= 0.6 is 0 Å². The summed E-state index contributed by atoms with van der Waals surface area (Å²) in [6.45, 7) is 4.56. The molecule has 11 heteroatoms. The van der Waals surface area contributed by atoms with Gasteiger partial charge in [-0.25, -0.2) is 8.42 Å². The largest absolute Gasteiger partial charge is 0.461 e. The summed E-state index contributed by atoms with van der Waals surface area (Å²) in [5.41, 5.74) is 1.77. The number of nitrogens with zero attached hydrogens (tertiary/aromatic N) is 3. The van der Waals surface area contributed by atoms with E-state index < -0.39 is 21.9 Å². The number of esters is 1. The van der Waals surface area contributed by atoms with Gasteiger partial charge in [-0.1, -0.05) is 61.2 Å². The monoisotopic (exact) mass is 620 g/mol. The molecule has 234 valence electrons. The zero-order chi connectivity index (χ0) is 31.7. The van der Waals surface area contributed by atoms with Gasteiger partial charge in [0.15, 0.2) is 0 Å². The van der Waals surface area contributed by atoms with Crippen LogP contribution in [-0.4, -0.2) is 82.2 Å². The van der Waals surface area contributed by atoms with Crippen LogP contribution in [0.2, 0.25) is 0 Å². The van der Waals surface area contributed by atoms with Crippen molar-refractivity contribution in [1.29, 1.82) is 0 Å². The Morgan fingerprint density at radius 3 is 2.32 bits per heavy atom. The van der Waals surface area contributed by atoms with Gasteiger partial charge in [-0.05, 0) is 36.6 Å². The molecule has 1 aliphatic rings. The van der Waals surface area contributed by atoms with Crippen molar-refractivity contribution < 1.29 is 27.5 Å². The maximum absolute atomic E-state index is 13.8. The minimum absolute atomic E-state index is 0.107. The number of nitrogens with one attached hydrogen (secondary N) is 1. The minimum Gasteiger partial charge on any atom is -0.461 e. The second-order valence-corrected chi connectivity index (χ2v) is 12.8. The molecule has 44 heavy (non-hydrogen) atoms. The van der Waals surface area contributed by atoms with Crippen LogP contribution in [0.5, 0.6) is 0 Å². The summed E-state index contributed by atoms with van der Waals surface area (Å²) in [4.78, 5) is 41.7. The highest BCUT2D eigenvalue weighted by Gasteiger charge is 2.34. The van der Waals surface area contributed by atoms with Gasteiger partial charge in [-0.2, -0.15) is 4.31 Å². The SMILES string of the molecule is C=CC(=O)NCCC[C@H](CC(=O)OCc1ccccc1)C(=O)N1CCN(S(=O)(=O)c2cccc3c(N(C)C)cccc23)CC1. The van der Waals surface area contributed by atoms with Crippen LogP contribution in [0.3, 0.4) is 0 Å². The maximum atomic E-state index is 13.8. The third-order valence-corrected chi connectivity index (χ3v) is 9.68. The summed E-state index contributed by atoms with van der Waals surface area (Å²) in [5.74, 6) is -1.69. The fourth-order valence-corrected chi connectivity index (χ4v) is 7.00. The van der Waals surface area contributed by atoms with Crippen LogP contribution in [0.4, 0.5) is 5.69 Å². The van der Waals surface area contributed by atoms with Crippen LogP contribution in [0.1, 0.15) is 24.8 Å². The molecule has 1 aliphatic heterocycles. The van der Waals surface area contributed by atoms with Crippen LogP contribution in [0.15, 0.2) is 84.3 Å². The molecule has 0 radical (unpaired) electrons. The molecule has 0 unspecified atom stereocenters. The van der Waals surface area contributed by atoms with E-state index in [4.69, 9.17) is 4.74 Å². The molecule has 1 N–H and O–H groups in total. The third kappa shape index (κ3) is 8.03. The average Bonchev–Trinajstić information content (AvgIpc) is 3.04. The van der Waals surface area contributed by atoms with Gasteiger partial charge in [0.05, 0.1) is 11.3 Å². The van der Waals surface area contributed by atoms with Crippen molar-refractivity contribution in [3.8, 4) is 0 Å². The van der Waals surface area contributed by atoms with Crippen molar-refractivity contribution in [2.45, 2.75) is 30.8 Å². The molecule has 1 fully saturated rings. The molecule has 0 saturated carbocycles. The van der Waals surface area contributed by atoms with E-state index in [0.29, 0.717) is 24.8 Å². The Morgan fingerprint density at radius 1 is 0.955 bits per heavy atom. The molecule has 3 aromatic carbocycles. The number of benzene rings is 3. The van der Waals surface area contributed by atoms with E-state index >= 15 is 0 Å². The van der Waals surface area contributed by atoms with Crippen molar-refractivity contribution in [1.82, 2.24) is 14.5 Å². The molecule has 3 aromatic rings. The number of carbonyl (C=O) groups is 3. The number of rotatable bonds is 13. The van der Waals surface area contributed by atoms with Crippen LogP contribution < -0.4 is 10.2 Å². The highest BCUT2D eigenvalue weighted by molar-refractivity contribution is 7.89. The Kier molecular flexibility index (Phi) is 11.1. The molecule has 1 saturated heterocycles. The topological polar surface area (TPSA) is 116 Å². The second-order valence-electron chi connectivity index (χ2n) is 10.9. The number of carbonyl (C=O) groups excluding carboxylic acids is 3. The van der Waals surface area contributed by atoms with Crippen LogP contribution in [-0.2, 0) is 35.8 Å². The lowest BCUT2D eigenvalue weighted by Gasteiger charge is -2.36. The molecular weight excluding hydrogens is 580 g/mol. The fraction of sp³-hybridized carbons (Fsp3) is 0.364. The lowest BCUT2D eigenvalue weighted by Crippen LogP contribution is -2.52. The molecule has 0 aliphatic carbocycles. The average molecular weight is 621 g/mol. The summed E-state index contributed by atoms with van der Waals surface area (Å²) in [6, 6.07) is 20.2. The van der Waals surface area contributed by atoms with Gasteiger partial charge in [0.1, 0.15) is 6.61 Å². The van der Waals surface area contributed by atoms with Crippen LogP contribution in [0.25, 0.3) is 10.8 Å². The molecular formula is C33H40N4O6S. The molecule has 1 atom stereocenters. The standard InChI is InChI=1S/C33H40N4O6S/c1-4-31(38)34-18-10-13-26(23-32(39)43-24-25-11-6-5-7-12-25)33(40)36-19-21-37(22-20-36)44(41,42)30-17-9-14-27-28(30)15-8-16-29(27)35(2)3/h4-9,11-12,14-17,26H,1,10,13,18-24H2,2-3H3,(H,34,38)/t26-/m1/s1. The smallest absolute Gasteiger partial charge is 0.306 e. The molecule has 0 bridgehead atoms. The maximum Gasteiger partial charge on any atom is 0.306 e. The number of sulfonamides is 1. The quantitative estimate of drug-likeness (QED) is 0.176. The highest BCUT2D eigenvalue weighted by atomic mass is 32.2. The summed E-state index contributed by atoms with van der Waals surface area (Å²) in [6.07, 6.45) is 1.91. The predicted octanol–water partition coefficient (Wildman–Crippen LogP) is 3.57. The number of ether oxygens (including phenoxy) is 1. The van der Waals surface area contributed by atoms with Crippen LogP contribution in [0, 0.1) is 5.92 Å². The van der Waals surface area contributed by atoms with Gasteiger partial charge in [0, 0.05) is 69.2 Å². The molecule has 4 rings (SSSR count). The number of fused-ring (bicyclic) bond motifs is 1. The first-order chi connectivity index (χ1) is 21.1. The van der Waals surface area contributed by atoms with Crippen molar-refractivity contribution in [2.24, 2.45) is 5.92 Å². The number of amides is 2. The van der Waals surface area contributed by atoms with E-state index in [1.54, 1.807) is 17.0 Å². The van der Waals surface area contributed by atoms with Gasteiger partial charge in [0.25, 0.3) is 0 Å². The van der Waals surface area contributed by atoms with Gasteiger partial charge in [-0.15, -0.1) is 0 Å². The molecule has 1 heterocycles. The van der Waals surface area contributed by atoms with E-state index in [1.807, 2.05) is 73.6 Å². The van der Waals surface area contributed by atoms with Crippen molar-refractivity contribution in [2.75, 3.05) is 51.7 Å². The lowest BCUT2D eigenvalue weighted by molar-refractivity contribution is -0.150. The zero-order valence-corrected chi connectivity index (χ0v) is 26.1. The first-order valence-electron chi connectivity index (χ1n) is 14.7. The predicted molar refractivity (Wildman–Crippen MR) is 170 cm³/mol. The first kappa shape index (κ1) is 32.7. The van der Waals surface area contributed by atoms with Gasteiger partial charge >= 0.3 is 5.97 Å². The zero-order valence-electron chi connectivity index (χ0n) is 25.3. The number of piperazine rings is 1. The van der Waals surface area contributed by atoms with Gasteiger partial charge < -0.3 is 19.9 Å².